The molecule has 1 aromatic carbocycles. The first kappa shape index (κ1) is 20.2. The van der Waals surface area contributed by atoms with Gasteiger partial charge in [0.1, 0.15) is 18.6 Å². The number of likely N-dealkylation sites (N-methyl/N-ethyl adjacent to an activating group) is 1. The maximum atomic E-state index is 12.9. The maximum absolute atomic E-state index is 12.9. The van der Waals surface area contributed by atoms with Crippen molar-refractivity contribution in [2.24, 2.45) is 11.3 Å². The number of piperidine rings is 1. The monoisotopic (exact) mass is 401 g/mol. The lowest BCUT2D eigenvalue weighted by atomic mass is 9.56. The minimum absolute atomic E-state index is 0.0289. The molecule has 3 fully saturated rings. The van der Waals surface area contributed by atoms with Crippen LogP contribution in [0.25, 0.3) is 0 Å². The van der Waals surface area contributed by atoms with E-state index in [1.54, 1.807) is 6.07 Å². The van der Waals surface area contributed by atoms with Gasteiger partial charge in [-0.1, -0.05) is 18.2 Å². The second kappa shape index (κ2) is 8.32. The number of hydrogen-bond donors (Lipinski definition) is 2. The quantitative estimate of drug-likeness (QED) is 0.709. The first-order valence-corrected chi connectivity index (χ1v) is 10.6. The zero-order valence-electron chi connectivity index (χ0n) is 17.0. The normalized spacial score (nSPS) is 26.1. The molecule has 2 saturated heterocycles. The summed E-state index contributed by atoms with van der Waals surface area (Å²) >= 11 is 0. The van der Waals surface area contributed by atoms with Crippen molar-refractivity contribution in [3.63, 3.8) is 0 Å². The standard InChI is InChI=1S/C22H31N3O4/c1-23-18-13-24(7-6-20(18)29-9-8-26)21(28)25-14-22(15-25)11-16(12-22)10-17-4-2-3-5-19(17)27/h2-5,8,16,18,20,23,27H,6-7,9-15H2,1H3/t18-,20+/m1/s1. The molecule has 0 radical (unpaired) electrons. The van der Waals surface area contributed by atoms with Crippen LogP contribution in [0.5, 0.6) is 5.75 Å². The van der Waals surface area contributed by atoms with Gasteiger partial charge in [0.2, 0.25) is 0 Å². The van der Waals surface area contributed by atoms with Gasteiger partial charge in [0.25, 0.3) is 0 Å². The van der Waals surface area contributed by atoms with Crippen LogP contribution >= 0.6 is 0 Å². The van der Waals surface area contributed by atoms with Gasteiger partial charge in [0.05, 0.1) is 12.1 Å². The molecule has 7 nitrogen and oxygen atoms in total. The Labute approximate surface area is 172 Å². The third kappa shape index (κ3) is 4.12. The predicted octanol–water partition coefficient (Wildman–Crippen LogP) is 1.64. The number of nitrogens with zero attached hydrogens (tertiary/aromatic N) is 2. The molecule has 3 aliphatic rings. The average Bonchev–Trinajstić information content (AvgIpc) is 2.68. The fourth-order valence-corrected chi connectivity index (χ4v) is 5.40. The number of ether oxygens (including phenoxy) is 1. The average molecular weight is 402 g/mol. The van der Waals surface area contributed by atoms with Crippen LogP contribution in [0.1, 0.15) is 24.8 Å². The number of urea groups is 1. The van der Waals surface area contributed by atoms with Gasteiger partial charge in [0.15, 0.2) is 0 Å². The lowest BCUT2D eigenvalue weighted by molar-refractivity contribution is -0.115. The number of rotatable bonds is 6. The molecular weight excluding hydrogens is 370 g/mol. The molecular formula is C22H31N3O4. The van der Waals surface area contributed by atoms with Gasteiger partial charge in [-0.05, 0) is 50.3 Å². The molecule has 2 atom stereocenters. The molecule has 0 unspecified atom stereocenters. The highest BCUT2D eigenvalue weighted by Crippen LogP contribution is 2.53. The van der Waals surface area contributed by atoms with Crippen molar-refractivity contribution >= 4 is 12.3 Å². The van der Waals surface area contributed by atoms with Crippen molar-refractivity contribution in [1.29, 1.82) is 0 Å². The second-order valence-corrected chi connectivity index (χ2v) is 8.91. The van der Waals surface area contributed by atoms with E-state index in [-0.39, 0.29) is 24.8 Å². The number of carbonyl (C=O) groups excluding carboxylic acids is 2. The summed E-state index contributed by atoms with van der Waals surface area (Å²) in [5.41, 5.74) is 1.32. The summed E-state index contributed by atoms with van der Waals surface area (Å²) in [5.74, 6) is 0.985. The fourth-order valence-electron chi connectivity index (χ4n) is 5.40. The third-order valence-corrected chi connectivity index (χ3v) is 6.84. The highest BCUT2D eigenvalue weighted by atomic mass is 16.5. The van der Waals surface area contributed by atoms with Crippen molar-refractivity contribution in [3.8, 4) is 5.75 Å². The topological polar surface area (TPSA) is 82.1 Å². The van der Waals surface area contributed by atoms with Gasteiger partial charge >= 0.3 is 6.03 Å². The zero-order valence-corrected chi connectivity index (χ0v) is 17.0. The smallest absolute Gasteiger partial charge is 0.320 e. The Bertz CT molecular complexity index is 741. The minimum Gasteiger partial charge on any atom is -0.508 e. The highest BCUT2D eigenvalue weighted by molar-refractivity contribution is 5.76. The van der Waals surface area contributed by atoms with Gasteiger partial charge in [0, 0.05) is 31.6 Å². The maximum Gasteiger partial charge on any atom is 0.320 e. The minimum atomic E-state index is -0.0289. The SMILES string of the molecule is CN[C@@H]1CN(C(=O)N2CC3(CC(Cc4ccccc4O)C3)C2)CC[C@@H]1OCC=O. The van der Waals surface area contributed by atoms with Crippen LogP contribution in [-0.2, 0) is 16.0 Å². The summed E-state index contributed by atoms with van der Waals surface area (Å²) in [5, 5.41) is 13.2. The van der Waals surface area contributed by atoms with Crippen molar-refractivity contribution in [2.45, 2.75) is 37.8 Å². The number of amides is 2. The Morgan fingerprint density at radius 1 is 1.31 bits per heavy atom. The van der Waals surface area contributed by atoms with Gasteiger partial charge in [-0.2, -0.15) is 0 Å². The molecule has 2 N–H and O–H groups in total. The largest absolute Gasteiger partial charge is 0.508 e. The Balaban J connectivity index is 1.23. The number of nitrogens with one attached hydrogen (secondary N) is 1. The van der Waals surface area contributed by atoms with E-state index < -0.39 is 0 Å². The molecule has 2 amide bonds. The van der Waals surface area contributed by atoms with Crippen LogP contribution in [-0.4, -0.2) is 79.2 Å². The summed E-state index contributed by atoms with van der Waals surface area (Å²) in [6.07, 6.45) is 4.67. The van der Waals surface area contributed by atoms with E-state index in [0.717, 1.165) is 50.6 Å². The van der Waals surface area contributed by atoms with Crippen molar-refractivity contribution in [2.75, 3.05) is 39.8 Å². The summed E-state index contributed by atoms with van der Waals surface area (Å²) < 4.78 is 5.59. The number of phenols is 1. The lowest BCUT2D eigenvalue weighted by Gasteiger charge is -2.60. The second-order valence-electron chi connectivity index (χ2n) is 8.91. The molecule has 0 aromatic heterocycles. The number of phenolic OH excluding ortho intramolecular Hbond substituents is 1. The van der Waals surface area contributed by atoms with E-state index in [1.165, 1.54) is 0 Å². The summed E-state index contributed by atoms with van der Waals surface area (Å²) in [7, 11) is 1.87. The van der Waals surface area contributed by atoms with Crippen LogP contribution in [0.3, 0.4) is 0 Å². The molecule has 7 heteroatoms. The van der Waals surface area contributed by atoms with Crippen molar-refractivity contribution < 1.29 is 19.4 Å². The summed E-state index contributed by atoms with van der Waals surface area (Å²) in [6.45, 7) is 3.06. The van der Waals surface area contributed by atoms with Crippen LogP contribution < -0.4 is 5.32 Å². The number of aldehydes is 1. The van der Waals surface area contributed by atoms with Gasteiger partial charge in [-0.3, -0.25) is 0 Å². The van der Waals surface area contributed by atoms with Gasteiger partial charge in [-0.15, -0.1) is 0 Å². The van der Waals surface area contributed by atoms with E-state index in [1.807, 2.05) is 35.0 Å². The van der Waals surface area contributed by atoms with Crippen molar-refractivity contribution in [1.82, 2.24) is 15.1 Å². The third-order valence-electron chi connectivity index (χ3n) is 6.84. The molecule has 29 heavy (non-hydrogen) atoms. The Kier molecular flexibility index (Phi) is 5.79. The van der Waals surface area contributed by atoms with E-state index in [2.05, 4.69) is 5.32 Å². The molecule has 1 aromatic rings. The van der Waals surface area contributed by atoms with E-state index in [4.69, 9.17) is 4.74 Å². The first-order valence-electron chi connectivity index (χ1n) is 10.6. The molecule has 1 saturated carbocycles. The van der Waals surface area contributed by atoms with E-state index in [0.29, 0.717) is 30.2 Å². The van der Waals surface area contributed by atoms with Crippen molar-refractivity contribution in [3.05, 3.63) is 29.8 Å². The van der Waals surface area contributed by atoms with Crippen LogP contribution in [0.15, 0.2) is 24.3 Å². The lowest BCUT2D eigenvalue weighted by Crippen LogP contribution is -2.67. The molecule has 0 bridgehead atoms. The van der Waals surface area contributed by atoms with Gasteiger partial charge in [-0.25, -0.2) is 4.79 Å². The molecule has 2 aliphatic heterocycles. The molecule has 2 heterocycles. The molecule has 1 spiro atoms. The summed E-state index contributed by atoms with van der Waals surface area (Å²) in [4.78, 5) is 27.3. The first-order chi connectivity index (χ1) is 14.0. The van der Waals surface area contributed by atoms with Gasteiger partial charge < -0.3 is 29.8 Å². The number of hydrogen-bond acceptors (Lipinski definition) is 5. The number of benzene rings is 1. The predicted molar refractivity (Wildman–Crippen MR) is 109 cm³/mol. The Morgan fingerprint density at radius 2 is 2.07 bits per heavy atom. The molecule has 4 rings (SSSR count). The van der Waals surface area contributed by atoms with E-state index >= 15 is 0 Å². The number of aromatic hydroxyl groups is 1. The summed E-state index contributed by atoms with van der Waals surface area (Å²) in [6, 6.07) is 7.74. The number of carbonyl (C=O) groups is 2. The molecule has 1 aliphatic carbocycles. The van der Waals surface area contributed by atoms with Crippen LogP contribution in [0.2, 0.25) is 0 Å². The highest BCUT2D eigenvalue weighted by Gasteiger charge is 2.54. The number of likely N-dealkylation sites (tertiary alicyclic amines) is 2. The van der Waals surface area contributed by atoms with E-state index in [9.17, 15) is 14.7 Å². The Hall–Kier alpha value is -2.12. The fraction of sp³-hybridized carbons (Fsp3) is 0.636. The van der Waals surface area contributed by atoms with Crippen LogP contribution in [0.4, 0.5) is 4.79 Å². The number of para-hydroxylation sites is 1. The molecule has 158 valence electrons. The van der Waals surface area contributed by atoms with Crippen LogP contribution in [0, 0.1) is 11.3 Å². The Morgan fingerprint density at radius 3 is 2.76 bits per heavy atom. The zero-order chi connectivity index (χ0) is 20.4.